The minimum absolute atomic E-state index is 0.0448. The van der Waals surface area contributed by atoms with Crippen LogP contribution in [-0.2, 0) is 0 Å². The Morgan fingerprint density at radius 2 is 1.08 bits per heavy atom. The van der Waals surface area contributed by atoms with E-state index in [1.165, 1.54) is 0 Å². The third kappa shape index (κ3) is 1.88. The highest BCUT2D eigenvalue weighted by Gasteiger charge is 2.35. The maximum absolute atomic E-state index is 3.60. The minimum Gasteiger partial charge on any atom is -0.279 e. The maximum atomic E-state index is 3.60. The van der Waals surface area contributed by atoms with Crippen molar-refractivity contribution in [2.75, 3.05) is 42.3 Å². The molecule has 0 aliphatic heterocycles. The molecule has 0 saturated carbocycles. The fourth-order valence-corrected chi connectivity index (χ4v) is 2.62. The summed E-state index contributed by atoms with van der Waals surface area (Å²) in [5.41, 5.74) is 0. The van der Waals surface area contributed by atoms with Crippen molar-refractivity contribution in [3.05, 3.63) is 0 Å². The van der Waals surface area contributed by atoms with E-state index < -0.39 is 0 Å². The summed E-state index contributed by atoms with van der Waals surface area (Å²) in [5, 5.41) is 0. The Labute approximate surface area is 79.7 Å². The van der Waals surface area contributed by atoms with Crippen LogP contribution in [0.25, 0.3) is 0 Å². The summed E-state index contributed by atoms with van der Waals surface area (Å²) >= 11 is 0. The van der Waals surface area contributed by atoms with Crippen LogP contribution in [0.15, 0.2) is 0 Å². The zero-order valence-electron chi connectivity index (χ0n) is 9.05. The van der Waals surface area contributed by atoms with Gasteiger partial charge in [0, 0.05) is 10.2 Å². The molecule has 0 aromatic rings. The summed E-state index contributed by atoms with van der Waals surface area (Å²) in [7, 11) is 16.1. The summed E-state index contributed by atoms with van der Waals surface area (Å²) in [6.07, 6.45) is 0. The second kappa shape index (κ2) is 4.37. The molecule has 0 rings (SSSR count). The standard InChI is InChI=1S/C8H20N3Si/c1-9(2)8(7-12,10(3)4)11(5)6/h7H2,1-6H3. The van der Waals surface area contributed by atoms with Gasteiger partial charge in [-0.3, -0.25) is 14.7 Å². The molecule has 0 aliphatic carbocycles. The lowest BCUT2D eigenvalue weighted by Crippen LogP contribution is -2.63. The Morgan fingerprint density at radius 1 is 0.833 bits per heavy atom. The van der Waals surface area contributed by atoms with Gasteiger partial charge in [-0.25, -0.2) is 0 Å². The van der Waals surface area contributed by atoms with Crippen molar-refractivity contribution in [1.82, 2.24) is 14.7 Å². The summed E-state index contributed by atoms with van der Waals surface area (Å²) in [4.78, 5) is 6.58. The van der Waals surface area contributed by atoms with Gasteiger partial charge in [0.05, 0.1) is 0 Å². The molecule has 3 radical (unpaired) electrons. The first kappa shape index (κ1) is 12.1. The Hall–Kier alpha value is 0.0969. The molecule has 0 aromatic heterocycles. The van der Waals surface area contributed by atoms with Gasteiger partial charge < -0.3 is 0 Å². The third-order valence-corrected chi connectivity index (χ3v) is 2.86. The van der Waals surface area contributed by atoms with Crippen molar-refractivity contribution in [3.63, 3.8) is 0 Å². The molecule has 0 aliphatic rings. The Balaban J connectivity index is 4.77. The third-order valence-electron chi connectivity index (χ3n) is 2.39. The second-order valence-electron chi connectivity index (χ2n) is 3.63. The van der Waals surface area contributed by atoms with Crippen molar-refractivity contribution in [3.8, 4) is 0 Å². The van der Waals surface area contributed by atoms with Gasteiger partial charge in [0.1, 0.15) is 5.79 Å². The van der Waals surface area contributed by atoms with E-state index in [2.05, 4.69) is 67.2 Å². The lowest BCUT2D eigenvalue weighted by molar-refractivity contribution is -0.0914. The van der Waals surface area contributed by atoms with Gasteiger partial charge in [-0.15, -0.1) is 0 Å². The minimum atomic E-state index is -0.0448. The normalized spacial score (nSPS) is 13.5. The molecule has 0 unspecified atom stereocenters. The van der Waals surface area contributed by atoms with Crippen LogP contribution in [0.2, 0.25) is 6.04 Å². The summed E-state index contributed by atoms with van der Waals surface area (Å²) in [5.74, 6) is -0.0448. The Bertz CT molecular complexity index is 112. The largest absolute Gasteiger partial charge is 0.279 e. The molecule has 4 heteroatoms. The smallest absolute Gasteiger partial charge is 0.126 e. The first-order chi connectivity index (χ1) is 5.39. The highest BCUT2D eigenvalue weighted by atomic mass is 28.1. The molecule has 0 aromatic carbocycles. The highest BCUT2D eigenvalue weighted by molar-refractivity contribution is 6.09. The molecule has 0 saturated heterocycles. The van der Waals surface area contributed by atoms with E-state index in [9.17, 15) is 0 Å². The van der Waals surface area contributed by atoms with Crippen molar-refractivity contribution in [1.29, 1.82) is 0 Å². The first-order valence-electron chi connectivity index (χ1n) is 4.06. The summed E-state index contributed by atoms with van der Waals surface area (Å²) in [6.45, 7) is 0. The van der Waals surface area contributed by atoms with E-state index in [1.807, 2.05) is 0 Å². The maximum Gasteiger partial charge on any atom is 0.126 e. The Kier molecular flexibility index (Phi) is 4.40. The van der Waals surface area contributed by atoms with Crippen LogP contribution < -0.4 is 0 Å². The van der Waals surface area contributed by atoms with Gasteiger partial charge in [0.15, 0.2) is 0 Å². The number of rotatable bonds is 4. The fourth-order valence-electron chi connectivity index (χ4n) is 1.67. The first-order valence-corrected chi connectivity index (χ1v) is 4.77. The molecular formula is C8H20N3Si. The van der Waals surface area contributed by atoms with E-state index in [0.29, 0.717) is 0 Å². The van der Waals surface area contributed by atoms with Gasteiger partial charge >= 0.3 is 0 Å². The van der Waals surface area contributed by atoms with E-state index >= 15 is 0 Å². The lowest BCUT2D eigenvalue weighted by atomic mass is 10.3. The van der Waals surface area contributed by atoms with Crippen LogP contribution in [0.5, 0.6) is 0 Å². The average molecular weight is 186 g/mol. The molecule has 0 spiro atoms. The average Bonchev–Trinajstić information content (AvgIpc) is 1.86. The highest BCUT2D eigenvalue weighted by Crippen LogP contribution is 2.21. The lowest BCUT2D eigenvalue weighted by Gasteiger charge is -2.49. The van der Waals surface area contributed by atoms with E-state index in [1.54, 1.807) is 0 Å². The number of nitrogens with zero attached hydrogens (tertiary/aromatic N) is 3. The van der Waals surface area contributed by atoms with Crippen molar-refractivity contribution >= 4 is 10.2 Å². The Morgan fingerprint density at radius 3 is 1.08 bits per heavy atom. The SMILES string of the molecule is CN(C)C(C[Si])(N(C)C)N(C)C. The van der Waals surface area contributed by atoms with Crippen LogP contribution in [0, 0.1) is 0 Å². The van der Waals surface area contributed by atoms with E-state index in [4.69, 9.17) is 0 Å². The topological polar surface area (TPSA) is 9.72 Å². The van der Waals surface area contributed by atoms with Crippen molar-refractivity contribution in [2.24, 2.45) is 0 Å². The monoisotopic (exact) mass is 186 g/mol. The van der Waals surface area contributed by atoms with Crippen molar-refractivity contribution < 1.29 is 0 Å². The van der Waals surface area contributed by atoms with E-state index in [0.717, 1.165) is 6.04 Å². The quantitative estimate of drug-likeness (QED) is 0.449. The molecule has 3 nitrogen and oxygen atoms in total. The molecule has 71 valence electrons. The van der Waals surface area contributed by atoms with Gasteiger partial charge in [0.25, 0.3) is 0 Å². The van der Waals surface area contributed by atoms with E-state index in [-0.39, 0.29) is 5.79 Å². The molecule has 0 N–H and O–H groups in total. The second-order valence-corrected chi connectivity index (χ2v) is 3.99. The summed E-state index contributed by atoms with van der Waals surface area (Å²) < 4.78 is 0. The van der Waals surface area contributed by atoms with Gasteiger partial charge in [-0.2, -0.15) is 0 Å². The van der Waals surface area contributed by atoms with Gasteiger partial charge in [0.2, 0.25) is 0 Å². The molecular weight excluding hydrogens is 166 g/mol. The van der Waals surface area contributed by atoms with Crippen LogP contribution in [0.1, 0.15) is 0 Å². The molecule has 0 bridgehead atoms. The van der Waals surface area contributed by atoms with Crippen LogP contribution >= 0.6 is 0 Å². The predicted molar refractivity (Wildman–Crippen MR) is 54.4 cm³/mol. The fraction of sp³-hybridized carbons (Fsp3) is 1.00. The van der Waals surface area contributed by atoms with Crippen LogP contribution in [0.4, 0.5) is 0 Å². The van der Waals surface area contributed by atoms with Gasteiger partial charge in [-0.05, 0) is 48.3 Å². The number of hydrogen-bond donors (Lipinski definition) is 0. The number of hydrogen-bond acceptors (Lipinski definition) is 3. The molecule has 0 fully saturated rings. The van der Waals surface area contributed by atoms with Crippen LogP contribution in [0.3, 0.4) is 0 Å². The molecule has 0 atom stereocenters. The van der Waals surface area contributed by atoms with Gasteiger partial charge in [-0.1, -0.05) is 0 Å². The zero-order valence-corrected chi connectivity index (χ0v) is 10.0. The molecule has 0 amide bonds. The molecule has 0 heterocycles. The zero-order chi connectivity index (χ0) is 9.94. The molecule has 12 heavy (non-hydrogen) atoms. The summed E-state index contributed by atoms with van der Waals surface area (Å²) in [6, 6.07) is 0.889. The van der Waals surface area contributed by atoms with Crippen molar-refractivity contribution in [2.45, 2.75) is 11.8 Å². The predicted octanol–water partition coefficient (Wildman–Crippen LogP) is -0.0882. The van der Waals surface area contributed by atoms with Crippen LogP contribution in [-0.4, -0.2) is 73.0 Å².